The Kier molecular flexibility index (Phi) is 5.50. The lowest BCUT2D eigenvalue weighted by molar-refractivity contribution is 0.0735. The average Bonchev–Trinajstić information content (AvgIpc) is 3.37. The molecule has 0 radical (unpaired) electrons. The summed E-state index contributed by atoms with van der Waals surface area (Å²) in [4.78, 5) is 40.3. The van der Waals surface area contributed by atoms with Gasteiger partial charge in [0.15, 0.2) is 0 Å². The SMILES string of the molecule is Cn1cc(C(=O)N(CCCn2cc(C(C)(C)CO)nn2)C2CC2)c(=O)[nH]c1=O. The molecular formula is C18H26N6O4. The summed E-state index contributed by atoms with van der Waals surface area (Å²) >= 11 is 0. The lowest BCUT2D eigenvalue weighted by Gasteiger charge is -2.22. The van der Waals surface area contributed by atoms with E-state index in [4.69, 9.17) is 0 Å². The number of hydrogen-bond acceptors (Lipinski definition) is 6. The number of carbonyl (C=O) groups is 1. The fraction of sp³-hybridized carbons (Fsp3) is 0.611. The van der Waals surface area contributed by atoms with Crippen LogP contribution in [0.5, 0.6) is 0 Å². The molecular weight excluding hydrogens is 364 g/mol. The summed E-state index contributed by atoms with van der Waals surface area (Å²) < 4.78 is 2.89. The number of aliphatic hydroxyl groups excluding tert-OH is 1. The van der Waals surface area contributed by atoms with Crippen molar-refractivity contribution in [1.29, 1.82) is 0 Å². The Balaban J connectivity index is 1.66. The van der Waals surface area contributed by atoms with Gasteiger partial charge in [0.1, 0.15) is 5.56 Å². The van der Waals surface area contributed by atoms with Gasteiger partial charge in [-0.25, -0.2) is 4.79 Å². The maximum absolute atomic E-state index is 12.9. The number of H-pyrrole nitrogens is 1. The van der Waals surface area contributed by atoms with Gasteiger partial charge in [-0.3, -0.25) is 19.3 Å². The summed E-state index contributed by atoms with van der Waals surface area (Å²) in [6, 6.07) is 0.128. The fourth-order valence-corrected chi connectivity index (χ4v) is 2.91. The van der Waals surface area contributed by atoms with Gasteiger partial charge in [-0.05, 0) is 19.3 Å². The van der Waals surface area contributed by atoms with E-state index in [2.05, 4.69) is 15.3 Å². The number of aryl methyl sites for hydroxylation is 2. The fourth-order valence-electron chi connectivity index (χ4n) is 2.91. The van der Waals surface area contributed by atoms with Gasteiger partial charge in [-0.1, -0.05) is 19.1 Å². The van der Waals surface area contributed by atoms with Crippen LogP contribution in [0.25, 0.3) is 0 Å². The van der Waals surface area contributed by atoms with Crippen LogP contribution in [0.1, 0.15) is 49.2 Å². The van der Waals surface area contributed by atoms with Crippen LogP contribution < -0.4 is 11.2 Å². The number of nitrogens with zero attached hydrogens (tertiary/aromatic N) is 5. The number of carbonyl (C=O) groups excluding carboxylic acids is 1. The number of amides is 1. The zero-order chi connectivity index (χ0) is 20.5. The topological polar surface area (TPSA) is 126 Å². The second kappa shape index (κ2) is 7.70. The Morgan fingerprint density at radius 1 is 1.36 bits per heavy atom. The largest absolute Gasteiger partial charge is 0.395 e. The minimum atomic E-state index is -0.661. The van der Waals surface area contributed by atoms with Crippen molar-refractivity contribution in [2.75, 3.05) is 13.2 Å². The van der Waals surface area contributed by atoms with Crippen molar-refractivity contribution in [3.8, 4) is 0 Å². The molecule has 10 nitrogen and oxygen atoms in total. The second-order valence-corrected chi connectivity index (χ2v) is 7.91. The monoisotopic (exact) mass is 390 g/mol. The van der Waals surface area contributed by atoms with E-state index in [9.17, 15) is 19.5 Å². The van der Waals surface area contributed by atoms with E-state index in [1.807, 2.05) is 13.8 Å². The van der Waals surface area contributed by atoms with E-state index in [-0.39, 0.29) is 24.1 Å². The van der Waals surface area contributed by atoms with Crippen molar-refractivity contribution in [2.24, 2.45) is 7.05 Å². The van der Waals surface area contributed by atoms with Crippen LogP contribution in [0, 0.1) is 0 Å². The Hall–Kier alpha value is -2.75. The summed E-state index contributed by atoms with van der Waals surface area (Å²) in [6.07, 6.45) is 5.56. The van der Waals surface area contributed by atoms with Crippen LogP contribution in [-0.4, -0.2) is 59.7 Å². The van der Waals surface area contributed by atoms with E-state index < -0.39 is 16.7 Å². The molecule has 0 bridgehead atoms. The lowest BCUT2D eigenvalue weighted by atomic mass is 9.91. The molecule has 0 saturated heterocycles. The van der Waals surface area contributed by atoms with Gasteiger partial charge >= 0.3 is 5.69 Å². The minimum Gasteiger partial charge on any atom is -0.395 e. The van der Waals surface area contributed by atoms with E-state index >= 15 is 0 Å². The van der Waals surface area contributed by atoms with Gasteiger partial charge in [0, 0.05) is 44.0 Å². The summed E-state index contributed by atoms with van der Waals surface area (Å²) in [5, 5.41) is 17.6. The average molecular weight is 390 g/mol. The second-order valence-electron chi connectivity index (χ2n) is 7.91. The highest BCUT2D eigenvalue weighted by molar-refractivity contribution is 5.94. The van der Waals surface area contributed by atoms with Crippen molar-refractivity contribution in [3.63, 3.8) is 0 Å². The van der Waals surface area contributed by atoms with Crippen molar-refractivity contribution in [3.05, 3.63) is 44.5 Å². The molecule has 1 saturated carbocycles. The molecule has 28 heavy (non-hydrogen) atoms. The summed E-state index contributed by atoms with van der Waals surface area (Å²) in [6.45, 7) is 4.79. The molecule has 2 aromatic rings. The summed E-state index contributed by atoms with van der Waals surface area (Å²) in [5.41, 5.74) is -0.986. The molecule has 3 rings (SSSR count). The van der Waals surface area contributed by atoms with Gasteiger partial charge in [0.2, 0.25) is 0 Å². The first-order chi connectivity index (χ1) is 13.2. The standard InChI is InChI=1S/C18H26N6O4/c1-18(2,11-25)14-10-23(21-20-14)7-4-8-24(12-5-6-12)16(27)13-9-22(3)17(28)19-15(13)26/h9-10,12,25H,4-8,11H2,1-3H3,(H,19,26,28). The highest BCUT2D eigenvalue weighted by atomic mass is 16.3. The molecule has 2 aromatic heterocycles. The predicted molar refractivity (Wildman–Crippen MR) is 101 cm³/mol. The third-order valence-electron chi connectivity index (χ3n) is 5.00. The molecule has 1 aliphatic carbocycles. The molecule has 0 spiro atoms. The first-order valence-electron chi connectivity index (χ1n) is 9.35. The predicted octanol–water partition coefficient (Wildman–Crippen LogP) is -0.370. The first-order valence-corrected chi connectivity index (χ1v) is 9.35. The third-order valence-corrected chi connectivity index (χ3v) is 5.00. The zero-order valence-electron chi connectivity index (χ0n) is 16.4. The summed E-state index contributed by atoms with van der Waals surface area (Å²) in [7, 11) is 1.49. The van der Waals surface area contributed by atoms with Gasteiger partial charge in [0.25, 0.3) is 11.5 Å². The number of hydrogen-bond donors (Lipinski definition) is 2. The highest BCUT2D eigenvalue weighted by Crippen LogP contribution is 2.28. The minimum absolute atomic E-state index is 0.0240. The van der Waals surface area contributed by atoms with Crippen molar-refractivity contribution >= 4 is 5.91 Å². The molecule has 0 aliphatic heterocycles. The van der Waals surface area contributed by atoms with E-state index in [1.165, 1.54) is 17.8 Å². The molecule has 0 aromatic carbocycles. The third kappa shape index (κ3) is 4.22. The first kappa shape index (κ1) is 20.0. The van der Waals surface area contributed by atoms with Crippen LogP contribution in [0.3, 0.4) is 0 Å². The molecule has 2 heterocycles. The van der Waals surface area contributed by atoms with E-state index in [0.717, 1.165) is 12.8 Å². The van der Waals surface area contributed by atoms with Crippen molar-refractivity contribution in [1.82, 2.24) is 29.4 Å². The number of rotatable bonds is 8. The van der Waals surface area contributed by atoms with Crippen molar-refractivity contribution in [2.45, 2.75) is 51.1 Å². The number of nitrogens with one attached hydrogen (secondary N) is 1. The van der Waals surface area contributed by atoms with E-state index in [1.54, 1.807) is 15.8 Å². The Labute approximate surface area is 161 Å². The lowest BCUT2D eigenvalue weighted by Crippen LogP contribution is -2.40. The Morgan fingerprint density at radius 2 is 2.07 bits per heavy atom. The smallest absolute Gasteiger partial charge is 0.328 e. The molecule has 1 amide bonds. The quantitative estimate of drug-likeness (QED) is 0.633. The van der Waals surface area contributed by atoms with Gasteiger partial charge in [0.05, 0.1) is 12.3 Å². The molecule has 1 aliphatic rings. The number of aromatic nitrogens is 5. The van der Waals surface area contributed by atoms with Gasteiger partial charge in [-0.15, -0.1) is 5.10 Å². The highest BCUT2D eigenvalue weighted by Gasteiger charge is 2.34. The molecule has 152 valence electrons. The van der Waals surface area contributed by atoms with Gasteiger partial charge in [-0.2, -0.15) is 0 Å². The number of aliphatic hydroxyl groups is 1. The molecule has 0 unspecified atom stereocenters. The maximum atomic E-state index is 12.9. The Bertz CT molecular complexity index is 969. The maximum Gasteiger partial charge on any atom is 0.328 e. The van der Waals surface area contributed by atoms with E-state index in [0.29, 0.717) is 25.2 Å². The van der Waals surface area contributed by atoms with Crippen LogP contribution >= 0.6 is 0 Å². The van der Waals surface area contributed by atoms with Crippen LogP contribution in [-0.2, 0) is 19.0 Å². The van der Waals surface area contributed by atoms with Crippen LogP contribution in [0.15, 0.2) is 22.0 Å². The normalized spacial score (nSPS) is 14.3. The molecule has 0 atom stereocenters. The number of aromatic amines is 1. The van der Waals surface area contributed by atoms with Crippen LogP contribution in [0.2, 0.25) is 0 Å². The molecule has 2 N–H and O–H groups in total. The van der Waals surface area contributed by atoms with Gasteiger partial charge < -0.3 is 14.6 Å². The molecule has 10 heteroatoms. The summed E-state index contributed by atoms with van der Waals surface area (Å²) in [5.74, 6) is -0.361. The Morgan fingerprint density at radius 3 is 2.71 bits per heavy atom. The van der Waals surface area contributed by atoms with Crippen molar-refractivity contribution < 1.29 is 9.90 Å². The molecule has 1 fully saturated rings. The van der Waals surface area contributed by atoms with Crippen LogP contribution in [0.4, 0.5) is 0 Å². The zero-order valence-corrected chi connectivity index (χ0v) is 16.4.